The lowest BCUT2D eigenvalue weighted by Gasteiger charge is -2.32. The topological polar surface area (TPSA) is 115 Å². The van der Waals surface area contributed by atoms with Crippen LogP contribution in [-0.2, 0) is 19.6 Å². The number of carbonyl (C=O) groups excluding carboxylic acids is 1. The lowest BCUT2D eigenvalue weighted by Crippen LogP contribution is -2.54. The average molecular weight is 307 g/mol. The Morgan fingerprint density at radius 2 is 2.11 bits per heavy atom. The molecule has 10 heteroatoms. The summed E-state index contributed by atoms with van der Waals surface area (Å²) < 4.78 is 30.8. The molecule has 19 heavy (non-hydrogen) atoms. The fourth-order valence-corrected chi connectivity index (χ4v) is 3.22. The van der Waals surface area contributed by atoms with E-state index in [2.05, 4.69) is 9.97 Å². The molecular weight excluding hydrogens is 296 g/mol. The molecule has 0 radical (unpaired) electrons. The number of amides is 1. The van der Waals surface area contributed by atoms with Crippen molar-refractivity contribution in [2.45, 2.75) is 10.9 Å². The van der Waals surface area contributed by atoms with Crippen molar-refractivity contribution in [3.63, 3.8) is 0 Å². The molecular formula is C9H11ClN4O4S. The third kappa shape index (κ3) is 2.84. The molecule has 1 fully saturated rings. The lowest BCUT2D eigenvalue weighted by molar-refractivity contribution is -0.125. The molecule has 1 atom stereocenters. The van der Waals surface area contributed by atoms with Gasteiger partial charge in [0.15, 0.2) is 0 Å². The summed E-state index contributed by atoms with van der Waals surface area (Å²) in [6, 6.07) is -1.03. The van der Waals surface area contributed by atoms with E-state index in [0.717, 1.165) is 16.7 Å². The Hall–Kier alpha value is -1.29. The highest BCUT2D eigenvalue weighted by atomic mass is 35.5. The molecule has 1 aliphatic heterocycles. The van der Waals surface area contributed by atoms with Gasteiger partial charge in [0.25, 0.3) is 0 Å². The van der Waals surface area contributed by atoms with Crippen LogP contribution in [0.15, 0.2) is 17.3 Å². The summed E-state index contributed by atoms with van der Waals surface area (Å²) in [5.74, 6) is -0.766. The molecule has 0 aromatic carbocycles. The van der Waals surface area contributed by atoms with Gasteiger partial charge in [0.2, 0.25) is 21.2 Å². The van der Waals surface area contributed by atoms with E-state index in [1.54, 1.807) is 0 Å². The van der Waals surface area contributed by atoms with Gasteiger partial charge in [-0.05, 0) is 11.6 Å². The maximum absolute atomic E-state index is 12.4. The Morgan fingerprint density at radius 3 is 2.68 bits per heavy atom. The van der Waals surface area contributed by atoms with Crippen LogP contribution in [0.4, 0.5) is 0 Å². The van der Waals surface area contributed by atoms with E-state index in [-0.39, 0.29) is 29.9 Å². The molecule has 2 rings (SSSR count). The van der Waals surface area contributed by atoms with Crippen molar-refractivity contribution in [1.29, 1.82) is 0 Å². The lowest BCUT2D eigenvalue weighted by atomic mass is 10.3. The third-order valence-electron chi connectivity index (χ3n) is 2.61. The van der Waals surface area contributed by atoms with Crippen LogP contribution < -0.4 is 5.73 Å². The first-order chi connectivity index (χ1) is 8.93. The molecule has 0 bridgehead atoms. The predicted octanol–water partition coefficient (Wildman–Crippen LogP) is -0.995. The van der Waals surface area contributed by atoms with E-state index >= 15 is 0 Å². The van der Waals surface area contributed by atoms with Crippen molar-refractivity contribution < 1.29 is 17.9 Å². The first-order valence-electron chi connectivity index (χ1n) is 5.29. The van der Waals surface area contributed by atoms with Gasteiger partial charge in [-0.2, -0.15) is 4.31 Å². The number of halogens is 1. The quantitative estimate of drug-likeness (QED) is 0.716. The number of sulfonamides is 1. The molecule has 2 heterocycles. The highest BCUT2D eigenvalue weighted by Gasteiger charge is 2.37. The van der Waals surface area contributed by atoms with Crippen LogP contribution in [0.5, 0.6) is 0 Å². The summed E-state index contributed by atoms with van der Waals surface area (Å²) in [5, 5.41) is -0.0626. The zero-order chi connectivity index (χ0) is 14.0. The van der Waals surface area contributed by atoms with E-state index < -0.39 is 22.0 Å². The second kappa shape index (κ2) is 5.37. The van der Waals surface area contributed by atoms with Gasteiger partial charge in [-0.1, -0.05) is 0 Å². The van der Waals surface area contributed by atoms with Crippen molar-refractivity contribution in [3.05, 3.63) is 17.7 Å². The number of nitrogens with two attached hydrogens (primary N) is 1. The van der Waals surface area contributed by atoms with E-state index in [1.807, 2.05) is 0 Å². The Labute approximate surface area is 114 Å². The molecule has 8 nitrogen and oxygen atoms in total. The molecule has 1 amide bonds. The maximum atomic E-state index is 12.4. The van der Waals surface area contributed by atoms with Crippen LogP contribution in [0.25, 0.3) is 0 Å². The first-order valence-corrected chi connectivity index (χ1v) is 7.11. The smallest absolute Gasteiger partial charge is 0.247 e. The number of nitrogens with zero attached hydrogens (tertiary/aromatic N) is 3. The second-order valence-corrected chi connectivity index (χ2v) is 6.03. The highest BCUT2D eigenvalue weighted by molar-refractivity contribution is 7.89. The molecule has 1 unspecified atom stereocenters. The van der Waals surface area contributed by atoms with E-state index in [1.165, 1.54) is 0 Å². The maximum Gasteiger partial charge on any atom is 0.247 e. The molecule has 1 saturated heterocycles. The fourth-order valence-electron chi connectivity index (χ4n) is 1.67. The van der Waals surface area contributed by atoms with Crippen LogP contribution in [0.1, 0.15) is 0 Å². The summed E-state index contributed by atoms with van der Waals surface area (Å²) in [7, 11) is -3.90. The summed E-state index contributed by atoms with van der Waals surface area (Å²) in [5.41, 5.74) is 5.18. The Bertz CT molecular complexity index is 576. The van der Waals surface area contributed by atoms with Gasteiger partial charge < -0.3 is 10.5 Å². The number of aromatic nitrogens is 2. The Balaban J connectivity index is 2.37. The molecule has 104 valence electrons. The molecule has 1 aromatic rings. The SMILES string of the molecule is NC(=O)C1COCCN1S(=O)(=O)c1cnc(Cl)nc1. The summed E-state index contributed by atoms with van der Waals surface area (Å²) in [4.78, 5) is 18.4. The normalized spacial score (nSPS) is 21.2. The van der Waals surface area contributed by atoms with Gasteiger partial charge in [0.05, 0.1) is 25.6 Å². The molecule has 0 saturated carbocycles. The van der Waals surface area contributed by atoms with Gasteiger partial charge in [-0.25, -0.2) is 18.4 Å². The minimum Gasteiger partial charge on any atom is -0.378 e. The van der Waals surface area contributed by atoms with Gasteiger partial charge in [0, 0.05) is 6.54 Å². The third-order valence-corrected chi connectivity index (χ3v) is 4.67. The number of primary amides is 1. The van der Waals surface area contributed by atoms with Gasteiger partial charge >= 0.3 is 0 Å². The summed E-state index contributed by atoms with van der Waals surface area (Å²) in [6.07, 6.45) is 2.16. The van der Waals surface area contributed by atoms with Crippen LogP contribution in [0, 0.1) is 0 Å². The standard InChI is InChI=1S/C9H11ClN4O4S/c10-9-12-3-6(4-13-9)19(16,17)14-1-2-18-5-7(14)8(11)15/h3-4,7H,1-2,5H2,(H2,11,15). The highest BCUT2D eigenvalue weighted by Crippen LogP contribution is 2.19. The first kappa shape index (κ1) is 14.1. The Kier molecular flexibility index (Phi) is 3.99. The molecule has 0 spiro atoms. The molecule has 1 aromatic heterocycles. The molecule has 2 N–H and O–H groups in total. The van der Waals surface area contributed by atoms with Gasteiger partial charge in [-0.15, -0.1) is 0 Å². The fraction of sp³-hybridized carbons (Fsp3) is 0.444. The van der Waals surface area contributed by atoms with Crippen molar-refractivity contribution in [1.82, 2.24) is 14.3 Å². The zero-order valence-corrected chi connectivity index (χ0v) is 11.3. The Morgan fingerprint density at radius 1 is 1.47 bits per heavy atom. The number of rotatable bonds is 3. The van der Waals surface area contributed by atoms with E-state index in [9.17, 15) is 13.2 Å². The van der Waals surface area contributed by atoms with Crippen molar-refractivity contribution in [2.75, 3.05) is 19.8 Å². The number of carbonyl (C=O) groups is 1. The minimum atomic E-state index is -3.90. The summed E-state index contributed by atoms with van der Waals surface area (Å²) >= 11 is 5.50. The van der Waals surface area contributed by atoms with Crippen LogP contribution in [0.2, 0.25) is 5.28 Å². The second-order valence-electron chi connectivity index (χ2n) is 3.80. The molecule has 1 aliphatic rings. The van der Waals surface area contributed by atoms with Crippen LogP contribution >= 0.6 is 11.6 Å². The largest absolute Gasteiger partial charge is 0.378 e. The number of ether oxygens (including phenoxy) is 1. The van der Waals surface area contributed by atoms with Crippen molar-refractivity contribution in [2.24, 2.45) is 5.73 Å². The van der Waals surface area contributed by atoms with Crippen LogP contribution in [0.3, 0.4) is 0 Å². The van der Waals surface area contributed by atoms with Crippen molar-refractivity contribution >= 4 is 27.5 Å². The van der Waals surface area contributed by atoms with Gasteiger partial charge in [-0.3, -0.25) is 4.79 Å². The van der Waals surface area contributed by atoms with E-state index in [0.29, 0.717) is 0 Å². The van der Waals surface area contributed by atoms with E-state index in [4.69, 9.17) is 22.1 Å². The van der Waals surface area contributed by atoms with Crippen LogP contribution in [-0.4, -0.2) is 54.4 Å². The zero-order valence-electron chi connectivity index (χ0n) is 9.69. The average Bonchev–Trinajstić information content (AvgIpc) is 2.39. The summed E-state index contributed by atoms with van der Waals surface area (Å²) in [6.45, 7) is 0.166. The monoisotopic (exact) mass is 306 g/mol. The molecule has 0 aliphatic carbocycles. The minimum absolute atomic E-state index is 0.0402. The number of hydrogen-bond donors (Lipinski definition) is 1. The number of hydrogen-bond acceptors (Lipinski definition) is 6. The number of morpholine rings is 1. The van der Waals surface area contributed by atoms with Crippen molar-refractivity contribution in [3.8, 4) is 0 Å². The van der Waals surface area contributed by atoms with Gasteiger partial charge in [0.1, 0.15) is 10.9 Å². The predicted molar refractivity (Wildman–Crippen MR) is 64.7 cm³/mol.